The molecule has 0 fully saturated rings. The number of nitrogen functional groups attached to an aromatic ring is 1. The van der Waals surface area contributed by atoms with Crippen LogP contribution >= 0.6 is 11.6 Å². The Balaban J connectivity index is 2.47. The van der Waals surface area contributed by atoms with Crippen molar-refractivity contribution in [2.24, 2.45) is 0 Å². The van der Waals surface area contributed by atoms with E-state index in [0.29, 0.717) is 5.69 Å². The summed E-state index contributed by atoms with van der Waals surface area (Å²) < 4.78 is 26.8. The number of rotatable bonds is 3. The van der Waals surface area contributed by atoms with Gasteiger partial charge in [0.1, 0.15) is 11.0 Å². The summed E-state index contributed by atoms with van der Waals surface area (Å²) in [4.78, 5) is 3.60. The average molecular weight is 309 g/mol. The first kappa shape index (κ1) is 14.1. The maximum absolute atomic E-state index is 12.3. The SMILES string of the molecule is N#Cc1cc(N)ccc1S(=O)(=O)Nc1cccnc1Cl. The maximum atomic E-state index is 12.3. The van der Waals surface area contributed by atoms with Crippen LogP contribution in [0.15, 0.2) is 41.4 Å². The fraction of sp³-hybridized carbons (Fsp3) is 0. The van der Waals surface area contributed by atoms with Crippen LogP contribution in [0.2, 0.25) is 5.15 Å². The third-order valence-electron chi connectivity index (χ3n) is 2.42. The van der Waals surface area contributed by atoms with Gasteiger partial charge in [0, 0.05) is 11.9 Å². The average Bonchev–Trinajstić information content (AvgIpc) is 2.40. The van der Waals surface area contributed by atoms with Gasteiger partial charge in [0.25, 0.3) is 10.0 Å². The van der Waals surface area contributed by atoms with Crippen LogP contribution in [0.4, 0.5) is 11.4 Å². The van der Waals surface area contributed by atoms with Gasteiger partial charge in [0.2, 0.25) is 0 Å². The number of nitrogens with one attached hydrogen (secondary N) is 1. The molecule has 1 heterocycles. The highest BCUT2D eigenvalue weighted by atomic mass is 35.5. The summed E-state index contributed by atoms with van der Waals surface area (Å²) in [5.74, 6) is 0. The molecule has 0 unspecified atom stereocenters. The topological polar surface area (TPSA) is 109 Å². The van der Waals surface area contributed by atoms with Crippen LogP contribution in [0.3, 0.4) is 0 Å². The summed E-state index contributed by atoms with van der Waals surface area (Å²) in [6.45, 7) is 0. The second-order valence-electron chi connectivity index (χ2n) is 3.81. The number of halogens is 1. The van der Waals surface area contributed by atoms with Gasteiger partial charge in [-0.2, -0.15) is 5.26 Å². The molecule has 0 atom stereocenters. The number of hydrogen-bond donors (Lipinski definition) is 2. The molecule has 102 valence electrons. The number of hydrogen-bond acceptors (Lipinski definition) is 5. The number of aromatic nitrogens is 1. The smallest absolute Gasteiger partial charge is 0.263 e. The molecule has 0 spiro atoms. The highest BCUT2D eigenvalue weighted by Gasteiger charge is 2.20. The van der Waals surface area contributed by atoms with Crippen LogP contribution in [0.25, 0.3) is 0 Å². The largest absolute Gasteiger partial charge is 0.399 e. The van der Waals surface area contributed by atoms with Gasteiger partial charge < -0.3 is 5.73 Å². The van der Waals surface area contributed by atoms with Gasteiger partial charge in [-0.05, 0) is 30.3 Å². The Hall–Kier alpha value is -2.30. The lowest BCUT2D eigenvalue weighted by Crippen LogP contribution is -2.15. The van der Waals surface area contributed by atoms with Crippen molar-refractivity contribution >= 4 is 33.0 Å². The van der Waals surface area contributed by atoms with E-state index in [1.54, 1.807) is 6.07 Å². The lowest BCUT2D eigenvalue weighted by atomic mass is 10.2. The van der Waals surface area contributed by atoms with Crippen LogP contribution in [-0.2, 0) is 10.0 Å². The number of sulfonamides is 1. The minimum Gasteiger partial charge on any atom is -0.399 e. The molecular weight excluding hydrogens is 300 g/mol. The molecular formula is C12H9ClN4O2S. The van der Waals surface area contributed by atoms with E-state index in [1.165, 1.54) is 36.5 Å². The van der Waals surface area contributed by atoms with Crippen LogP contribution in [0, 0.1) is 11.3 Å². The Kier molecular flexibility index (Phi) is 3.79. The Labute approximate surface area is 120 Å². The molecule has 0 bridgehead atoms. The lowest BCUT2D eigenvalue weighted by Gasteiger charge is -2.10. The fourth-order valence-corrected chi connectivity index (χ4v) is 2.96. The number of anilines is 2. The minimum atomic E-state index is -3.95. The Morgan fingerprint density at radius 2 is 2.10 bits per heavy atom. The van der Waals surface area contributed by atoms with Crippen molar-refractivity contribution in [3.63, 3.8) is 0 Å². The summed E-state index contributed by atoms with van der Waals surface area (Å²) in [7, 11) is -3.95. The zero-order valence-corrected chi connectivity index (χ0v) is 11.6. The van der Waals surface area contributed by atoms with Crippen molar-refractivity contribution in [2.45, 2.75) is 4.90 Å². The van der Waals surface area contributed by atoms with Crippen LogP contribution < -0.4 is 10.5 Å². The van der Waals surface area contributed by atoms with E-state index in [2.05, 4.69) is 9.71 Å². The van der Waals surface area contributed by atoms with Gasteiger partial charge in [-0.25, -0.2) is 13.4 Å². The third kappa shape index (κ3) is 2.82. The van der Waals surface area contributed by atoms with Crippen LogP contribution in [-0.4, -0.2) is 13.4 Å². The maximum Gasteiger partial charge on any atom is 0.263 e. The first-order valence-electron chi connectivity index (χ1n) is 5.37. The van der Waals surface area contributed by atoms with Crippen molar-refractivity contribution < 1.29 is 8.42 Å². The second kappa shape index (κ2) is 5.36. The summed E-state index contributed by atoms with van der Waals surface area (Å²) in [5, 5.41) is 9.01. The molecule has 8 heteroatoms. The summed E-state index contributed by atoms with van der Waals surface area (Å²) in [6, 6.07) is 8.76. The molecule has 6 nitrogen and oxygen atoms in total. The Bertz CT molecular complexity index is 799. The van der Waals surface area contributed by atoms with E-state index >= 15 is 0 Å². The summed E-state index contributed by atoms with van der Waals surface area (Å²) in [6.07, 6.45) is 1.43. The van der Waals surface area contributed by atoms with Crippen LogP contribution in [0.1, 0.15) is 5.56 Å². The van der Waals surface area contributed by atoms with Crippen molar-refractivity contribution in [3.8, 4) is 6.07 Å². The number of pyridine rings is 1. The Morgan fingerprint density at radius 3 is 2.75 bits per heavy atom. The Morgan fingerprint density at radius 1 is 1.35 bits per heavy atom. The first-order chi connectivity index (χ1) is 9.44. The van der Waals surface area contributed by atoms with Crippen molar-refractivity contribution in [2.75, 3.05) is 10.5 Å². The van der Waals surface area contributed by atoms with Gasteiger partial charge >= 0.3 is 0 Å². The summed E-state index contributed by atoms with van der Waals surface area (Å²) >= 11 is 5.79. The standard InChI is InChI=1S/C12H9ClN4O2S/c13-12-10(2-1-5-16-12)17-20(18,19)11-4-3-9(15)6-8(11)7-14/h1-6,17H,15H2. The molecule has 0 aliphatic rings. The molecule has 0 saturated heterocycles. The van der Waals surface area contributed by atoms with E-state index in [1.807, 2.05) is 0 Å². The molecule has 2 rings (SSSR count). The zero-order valence-electron chi connectivity index (χ0n) is 10.0. The number of nitriles is 1. The minimum absolute atomic E-state index is 0.0185. The predicted molar refractivity (Wildman–Crippen MR) is 75.6 cm³/mol. The molecule has 0 aliphatic heterocycles. The highest BCUT2D eigenvalue weighted by molar-refractivity contribution is 7.92. The van der Waals surface area contributed by atoms with Crippen molar-refractivity contribution in [1.82, 2.24) is 4.98 Å². The normalized spacial score (nSPS) is 10.8. The van der Waals surface area contributed by atoms with Gasteiger partial charge in [-0.3, -0.25) is 4.72 Å². The van der Waals surface area contributed by atoms with Crippen LogP contribution in [0.5, 0.6) is 0 Å². The van der Waals surface area contributed by atoms with Gasteiger partial charge in [-0.15, -0.1) is 0 Å². The molecule has 0 aliphatic carbocycles. The van der Waals surface area contributed by atoms with Gasteiger partial charge in [-0.1, -0.05) is 11.6 Å². The molecule has 2 aromatic rings. The quantitative estimate of drug-likeness (QED) is 0.665. The molecule has 3 N–H and O–H groups in total. The predicted octanol–water partition coefficient (Wildman–Crippen LogP) is 1.99. The van der Waals surface area contributed by atoms with E-state index in [9.17, 15) is 8.42 Å². The van der Waals surface area contributed by atoms with E-state index in [4.69, 9.17) is 22.6 Å². The number of benzene rings is 1. The molecule has 0 saturated carbocycles. The van der Waals surface area contributed by atoms with E-state index < -0.39 is 10.0 Å². The molecule has 0 radical (unpaired) electrons. The summed E-state index contributed by atoms with van der Waals surface area (Å²) in [5.41, 5.74) is 5.92. The lowest BCUT2D eigenvalue weighted by molar-refractivity contribution is 0.601. The molecule has 1 aromatic heterocycles. The number of nitrogens with two attached hydrogens (primary N) is 1. The molecule has 0 amide bonds. The fourth-order valence-electron chi connectivity index (χ4n) is 1.53. The van der Waals surface area contributed by atoms with E-state index in [-0.39, 0.29) is 21.3 Å². The van der Waals surface area contributed by atoms with E-state index in [0.717, 1.165) is 0 Å². The molecule has 1 aromatic carbocycles. The monoisotopic (exact) mass is 308 g/mol. The zero-order chi connectivity index (χ0) is 14.8. The molecule has 20 heavy (non-hydrogen) atoms. The van der Waals surface area contributed by atoms with Crippen molar-refractivity contribution in [3.05, 3.63) is 47.2 Å². The highest BCUT2D eigenvalue weighted by Crippen LogP contribution is 2.24. The first-order valence-corrected chi connectivity index (χ1v) is 7.23. The number of nitrogens with zero attached hydrogens (tertiary/aromatic N) is 2. The second-order valence-corrected chi connectivity index (χ2v) is 5.82. The third-order valence-corrected chi connectivity index (χ3v) is 4.14. The van der Waals surface area contributed by atoms with Gasteiger partial charge in [0.05, 0.1) is 11.3 Å². The van der Waals surface area contributed by atoms with Gasteiger partial charge in [0.15, 0.2) is 5.15 Å². The van der Waals surface area contributed by atoms with Crippen molar-refractivity contribution in [1.29, 1.82) is 5.26 Å².